The number of fused-ring (bicyclic) bond motifs is 1. The molecule has 6 nitrogen and oxygen atoms in total. The van der Waals surface area contributed by atoms with Crippen molar-refractivity contribution in [2.45, 2.75) is 25.4 Å². The van der Waals surface area contributed by atoms with E-state index >= 15 is 0 Å². The third kappa shape index (κ3) is 3.08. The number of hydrogen-bond donors (Lipinski definition) is 2. The standard InChI is InChI=1S/C19H20FN5O/c1-2-26-15-9-5-12(6-10-15)16-11-17(13-3-7-14(20)8-4-13)25-19(22-16)23-18(21)24-25/h3-10,16-17H,2,11H2,1H3,(H3,21,22,23,24)/t16-,17-/m0/s1. The van der Waals surface area contributed by atoms with Gasteiger partial charge in [0.25, 0.3) is 0 Å². The van der Waals surface area contributed by atoms with E-state index in [1.165, 1.54) is 12.1 Å². The van der Waals surface area contributed by atoms with Crippen LogP contribution in [0.1, 0.15) is 36.6 Å². The fourth-order valence-corrected chi connectivity index (χ4v) is 3.34. The molecule has 0 aliphatic carbocycles. The second kappa shape index (κ2) is 6.67. The van der Waals surface area contributed by atoms with Crippen molar-refractivity contribution in [2.75, 3.05) is 17.7 Å². The fourth-order valence-electron chi connectivity index (χ4n) is 3.34. The average Bonchev–Trinajstić information content (AvgIpc) is 3.03. The minimum Gasteiger partial charge on any atom is -0.494 e. The van der Waals surface area contributed by atoms with Gasteiger partial charge in [0.15, 0.2) is 0 Å². The van der Waals surface area contributed by atoms with E-state index in [0.29, 0.717) is 12.6 Å². The van der Waals surface area contributed by atoms with Gasteiger partial charge in [-0.2, -0.15) is 4.98 Å². The van der Waals surface area contributed by atoms with E-state index in [9.17, 15) is 4.39 Å². The zero-order valence-corrected chi connectivity index (χ0v) is 14.4. The highest BCUT2D eigenvalue weighted by molar-refractivity contribution is 5.42. The Labute approximate surface area is 150 Å². The van der Waals surface area contributed by atoms with Crippen LogP contribution in [0.5, 0.6) is 5.75 Å². The molecule has 0 saturated heterocycles. The molecule has 2 heterocycles. The Hall–Kier alpha value is -3.09. The Balaban J connectivity index is 1.67. The maximum Gasteiger partial charge on any atom is 0.241 e. The van der Waals surface area contributed by atoms with E-state index < -0.39 is 0 Å². The molecule has 0 amide bonds. The summed E-state index contributed by atoms with van der Waals surface area (Å²) in [6.07, 6.45) is 0.745. The summed E-state index contributed by atoms with van der Waals surface area (Å²) >= 11 is 0. The summed E-state index contributed by atoms with van der Waals surface area (Å²) in [4.78, 5) is 4.29. The molecule has 0 spiro atoms. The predicted molar refractivity (Wildman–Crippen MR) is 97.6 cm³/mol. The molecule has 2 atom stereocenters. The Kier molecular flexibility index (Phi) is 4.20. The molecule has 0 unspecified atom stereocenters. The molecule has 0 radical (unpaired) electrons. The number of nitrogens with two attached hydrogens (primary N) is 1. The van der Waals surface area contributed by atoms with Crippen LogP contribution in [0, 0.1) is 5.82 Å². The van der Waals surface area contributed by atoms with Gasteiger partial charge >= 0.3 is 0 Å². The Morgan fingerprint density at radius 3 is 2.54 bits per heavy atom. The third-order valence-electron chi connectivity index (χ3n) is 4.55. The smallest absolute Gasteiger partial charge is 0.241 e. The molecular weight excluding hydrogens is 333 g/mol. The van der Waals surface area contributed by atoms with E-state index in [-0.39, 0.29) is 23.8 Å². The Bertz CT molecular complexity index is 891. The van der Waals surface area contributed by atoms with Crippen LogP contribution in [0.25, 0.3) is 0 Å². The molecule has 0 saturated carbocycles. The number of nitrogens with zero attached hydrogens (tertiary/aromatic N) is 3. The van der Waals surface area contributed by atoms with Crippen molar-refractivity contribution in [3.05, 3.63) is 65.5 Å². The van der Waals surface area contributed by atoms with Crippen LogP contribution in [0.2, 0.25) is 0 Å². The van der Waals surface area contributed by atoms with E-state index in [2.05, 4.69) is 15.4 Å². The lowest BCUT2D eigenvalue weighted by atomic mass is 9.93. The van der Waals surface area contributed by atoms with Gasteiger partial charge in [0.05, 0.1) is 18.7 Å². The fraction of sp³-hybridized carbons (Fsp3) is 0.263. The highest BCUT2D eigenvalue weighted by Crippen LogP contribution is 2.38. The number of halogens is 1. The first-order valence-corrected chi connectivity index (χ1v) is 8.61. The van der Waals surface area contributed by atoms with Gasteiger partial charge in [0, 0.05) is 0 Å². The molecule has 0 bridgehead atoms. The van der Waals surface area contributed by atoms with Crippen LogP contribution in [-0.2, 0) is 0 Å². The van der Waals surface area contributed by atoms with Gasteiger partial charge in [-0.3, -0.25) is 0 Å². The van der Waals surface area contributed by atoms with Gasteiger partial charge in [-0.25, -0.2) is 9.07 Å². The van der Waals surface area contributed by atoms with Crippen molar-refractivity contribution in [3.63, 3.8) is 0 Å². The van der Waals surface area contributed by atoms with Gasteiger partial charge in [-0.05, 0) is 48.7 Å². The monoisotopic (exact) mass is 353 g/mol. The van der Waals surface area contributed by atoms with E-state index in [1.807, 2.05) is 31.2 Å². The Morgan fingerprint density at radius 2 is 1.85 bits per heavy atom. The summed E-state index contributed by atoms with van der Waals surface area (Å²) in [5.41, 5.74) is 7.89. The minimum atomic E-state index is -0.260. The van der Waals surface area contributed by atoms with Crippen molar-refractivity contribution < 1.29 is 9.13 Å². The minimum absolute atomic E-state index is 0.0387. The maximum absolute atomic E-state index is 13.3. The summed E-state index contributed by atoms with van der Waals surface area (Å²) in [5, 5.41) is 7.70. The zero-order valence-electron chi connectivity index (χ0n) is 14.4. The van der Waals surface area contributed by atoms with Crippen LogP contribution in [0.15, 0.2) is 48.5 Å². The first-order valence-electron chi connectivity index (χ1n) is 8.61. The van der Waals surface area contributed by atoms with Crippen molar-refractivity contribution in [2.24, 2.45) is 0 Å². The number of aromatic nitrogens is 3. The summed E-state index contributed by atoms with van der Waals surface area (Å²) in [5.74, 6) is 1.41. The molecule has 2 aromatic carbocycles. The lowest BCUT2D eigenvalue weighted by Gasteiger charge is -2.31. The summed E-state index contributed by atoms with van der Waals surface area (Å²) < 4.78 is 20.6. The molecule has 4 rings (SSSR count). The molecular formula is C19H20FN5O. The van der Waals surface area contributed by atoms with Gasteiger partial charge in [-0.15, -0.1) is 5.10 Å². The maximum atomic E-state index is 13.3. The molecule has 134 valence electrons. The van der Waals surface area contributed by atoms with Crippen molar-refractivity contribution in [3.8, 4) is 5.75 Å². The number of anilines is 2. The second-order valence-corrected chi connectivity index (χ2v) is 6.24. The topological polar surface area (TPSA) is 78.0 Å². The van der Waals surface area contributed by atoms with Gasteiger partial charge in [0.2, 0.25) is 11.9 Å². The van der Waals surface area contributed by atoms with Crippen LogP contribution >= 0.6 is 0 Å². The lowest BCUT2D eigenvalue weighted by Crippen LogP contribution is -2.28. The highest BCUT2D eigenvalue weighted by Gasteiger charge is 2.30. The predicted octanol–water partition coefficient (Wildman–Crippen LogP) is 3.54. The average molecular weight is 353 g/mol. The summed E-state index contributed by atoms with van der Waals surface area (Å²) in [7, 11) is 0. The molecule has 7 heteroatoms. The van der Waals surface area contributed by atoms with Crippen molar-refractivity contribution in [1.82, 2.24) is 14.8 Å². The van der Waals surface area contributed by atoms with Crippen LogP contribution in [-0.4, -0.2) is 21.4 Å². The van der Waals surface area contributed by atoms with Gasteiger partial charge in [0.1, 0.15) is 11.6 Å². The second-order valence-electron chi connectivity index (χ2n) is 6.24. The highest BCUT2D eigenvalue weighted by atomic mass is 19.1. The zero-order chi connectivity index (χ0) is 18.1. The molecule has 26 heavy (non-hydrogen) atoms. The molecule has 3 N–H and O–H groups in total. The van der Waals surface area contributed by atoms with Crippen molar-refractivity contribution >= 4 is 11.9 Å². The first kappa shape index (κ1) is 16.4. The number of hydrogen-bond acceptors (Lipinski definition) is 5. The molecule has 3 aromatic rings. The van der Waals surface area contributed by atoms with Crippen molar-refractivity contribution in [1.29, 1.82) is 0 Å². The van der Waals surface area contributed by atoms with Gasteiger partial charge in [-0.1, -0.05) is 24.3 Å². The molecule has 1 aromatic heterocycles. The van der Waals surface area contributed by atoms with E-state index in [4.69, 9.17) is 10.5 Å². The number of nitrogen functional groups attached to an aromatic ring is 1. The normalized spacial score (nSPS) is 18.8. The largest absolute Gasteiger partial charge is 0.494 e. The SMILES string of the molecule is CCOc1ccc([C@@H]2C[C@@H](c3ccc(F)cc3)n3nc(N)nc3N2)cc1. The van der Waals surface area contributed by atoms with Crippen LogP contribution in [0.3, 0.4) is 0 Å². The Morgan fingerprint density at radius 1 is 1.15 bits per heavy atom. The first-order chi connectivity index (χ1) is 12.6. The van der Waals surface area contributed by atoms with Crippen LogP contribution < -0.4 is 15.8 Å². The van der Waals surface area contributed by atoms with Gasteiger partial charge < -0.3 is 15.8 Å². The third-order valence-corrected chi connectivity index (χ3v) is 4.55. The number of rotatable bonds is 4. The van der Waals surface area contributed by atoms with Crippen LogP contribution in [0.4, 0.5) is 16.3 Å². The number of ether oxygens (including phenoxy) is 1. The number of benzene rings is 2. The molecule has 1 aliphatic rings. The summed E-state index contributed by atoms with van der Waals surface area (Å²) in [6, 6.07) is 14.4. The quantitative estimate of drug-likeness (QED) is 0.750. The summed E-state index contributed by atoms with van der Waals surface area (Å²) in [6.45, 7) is 2.59. The molecule has 0 fully saturated rings. The van der Waals surface area contributed by atoms with E-state index in [0.717, 1.165) is 23.3 Å². The number of nitrogens with one attached hydrogen (secondary N) is 1. The lowest BCUT2D eigenvalue weighted by molar-refractivity contribution is 0.340. The van der Waals surface area contributed by atoms with E-state index in [1.54, 1.807) is 16.8 Å². The molecule has 1 aliphatic heterocycles.